The van der Waals surface area contributed by atoms with E-state index in [1.54, 1.807) is 0 Å². The van der Waals surface area contributed by atoms with Crippen LogP contribution in [0.2, 0.25) is 0 Å². The Morgan fingerprint density at radius 1 is 1.14 bits per heavy atom. The lowest BCUT2D eigenvalue weighted by Crippen LogP contribution is -2.52. The van der Waals surface area contributed by atoms with E-state index in [9.17, 15) is 4.79 Å². The number of rotatable bonds is 8. The summed E-state index contributed by atoms with van der Waals surface area (Å²) in [6.07, 6.45) is 4.42. The van der Waals surface area contributed by atoms with Gasteiger partial charge in [0.1, 0.15) is 0 Å². The molecule has 0 aliphatic carbocycles. The summed E-state index contributed by atoms with van der Waals surface area (Å²) in [4.78, 5) is 21.1. The van der Waals surface area contributed by atoms with Crippen molar-refractivity contribution in [3.63, 3.8) is 0 Å². The summed E-state index contributed by atoms with van der Waals surface area (Å²) >= 11 is 0. The van der Waals surface area contributed by atoms with Gasteiger partial charge in [-0.1, -0.05) is 56.3 Å². The van der Waals surface area contributed by atoms with Crippen LogP contribution in [0.5, 0.6) is 0 Å². The SMILES string of the molecule is CCNC(=NCCNC(=O)C(C)C)N1CCN(C/C=C/c2ccccc2)CC1. The third kappa shape index (κ3) is 7.72. The van der Waals surface area contributed by atoms with E-state index in [4.69, 9.17) is 0 Å². The van der Waals surface area contributed by atoms with Crippen LogP contribution in [0.4, 0.5) is 0 Å². The van der Waals surface area contributed by atoms with Crippen LogP contribution < -0.4 is 10.6 Å². The van der Waals surface area contributed by atoms with Gasteiger partial charge in [0, 0.05) is 51.7 Å². The van der Waals surface area contributed by atoms with Gasteiger partial charge in [0.15, 0.2) is 5.96 Å². The smallest absolute Gasteiger partial charge is 0.222 e. The lowest BCUT2D eigenvalue weighted by atomic mass is 10.2. The fraction of sp³-hybridized carbons (Fsp3) is 0.545. The van der Waals surface area contributed by atoms with Crippen molar-refractivity contribution in [1.82, 2.24) is 20.4 Å². The minimum Gasteiger partial charge on any atom is -0.357 e. The molecule has 1 saturated heterocycles. The van der Waals surface area contributed by atoms with E-state index >= 15 is 0 Å². The first-order valence-electron chi connectivity index (χ1n) is 10.3. The van der Waals surface area contributed by atoms with Crippen LogP contribution in [0, 0.1) is 5.92 Å². The van der Waals surface area contributed by atoms with E-state index in [0.29, 0.717) is 13.1 Å². The number of hydrogen-bond donors (Lipinski definition) is 2. The second kappa shape index (κ2) is 12.2. The van der Waals surface area contributed by atoms with Crippen molar-refractivity contribution in [2.24, 2.45) is 10.9 Å². The maximum absolute atomic E-state index is 11.6. The van der Waals surface area contributed by atoms with E-state index in [0.717, 1.165) is 45.2 Å². The maximum Gasteiger partial charge on any atom is 0.222 e. The Morgan fingerprint density at radius 3 is 2.50 bits per heavy atom. The highest BCUT2D eigenvalue weighted by Crippen LogP contribution is 2.05. The zero-order valence-corrected chi connectivity index (χ0v) is 17.5. The molecule has 0 saturated carbocycles. The maximum atomic E-state index is 11.6. The molecule has 1 fully saturated rings. The number of hydrogen-bond acceptors (Lipinski definition) is 3. The summed E-state index contributed by atoms with van der Waals surface area (Å²) in [7, 11) is 0. The molecule has 0 atom stereocenters. The normalized spacial score (nSPS) is 16.0. The minimum absolute atomic E-state index is 0.0150. The monoisotopic (exact) mass is 385 g/mol. The predicted molar refractivity (Wildman–Crippen MR) is 117 cm³/mol. The predicted octanol–water partition coefficient (Wildman–Crippen LogP) is 2.06. The first-order chi connectivity index (χ1) is 13.6. The molecule has 1 aliphatic rings. The number of nitrogens with one attached hydrogen (secondary N) is 2. The molecule has 0 spiro atoms. The summed E-state index contributed by atoms with van der Waals surface area (Å²) in [6.45, 7) is 12.8. The molecule has 0 unspecified atom stereocenters. The quantitative estimate of drug-likeness (QED) is 0.409. The molecule has 1 heterocycles. The fourth-order valence-electron chi connectivity index (χ4n) is 3.02. The van der Waals surface area contributed by atoms with E-state index in [1.165, 1.54) is 5.56 Å². The first kappa shape index (κ1) is 22.0. The molecular formula is C22H35N5O. The number of guanidine groups is 1. The summed E-state index contributed by atoms with van der Waals surface area (Å²) < 4.78 is 0. The molecule has 154 valence electrons. The molecule has 1 aromatic rings. The van der Waals surface area contributed by atoms with Gasteiger partial charge >= 0.3 is 0 Å². The van der Waals surface area contributed by atoms with E-state index < -0.39 is 0 Å². The van der Waals surface area contributed by atoms with Gasteiger partial charge in [0.05, 0.1) is 6.54 Å². The Kier molecular flexibility index (Phi) is 9.55. The van der Waals surface area contributed by atoms with Gasteiger partial charge in [-0.2, -0.15) is 0 Å². The molecule has 0 radical (unpaired) electrons. The number of aliphatic imine (C=N–C) groups is 1. The summed E-state index contributed by atoms with van der Waals surface area (Å²) in [5.41, 5.74) is 1.24. The molecule has 28 heavy (non-hydrogen) atoms. The van der Waals surface area contributed by atoms with Crippen molar-refractivity contribution in [3.05, 3.63) is 42.0 Å². The van der Waals surface area contributed by atoms with Crippen molar-refractivity contribution in [1.29, 1.82) is 0 Å². The summed E-state index contributed by atoms with van der Waals surface area (Å²) in [5, 5.41) is 6.29. The van der Waals surface area contributed by atoms with Gasteiger partial charge < -0.3 is 15.5 Å². The standard InChI is InChI=1S/C22H35N5O/c1-4-23-22(25-13-12-24-21(28)19(2)3)27-17-15-26(16-18-27)14-8-11-20-9-6-5-7-10-20/h5-11,19H,4,12-18H2,1-3H3,(H,23,25)(H,24,28)/b11-8+. The van der Waals surface area contributed by atoms with Crippen molar-refractivity contribution >= 4 is 17.9 Å². The average Bonchev–Trinajstić information content (AvgIpc) is 2.71. The Morgan fingerprint density at radius 2 is 1.86 bits per heavy atom. The molecule has 2 N–H and O–H groups in total. The van der Waals surface area contributed by atoms with Crippen LogP contribution in [-0.2, 0) is 4.79 Å². The third-order valence-electron chi connectivity index (χ3n) is 4.68. The van der Waals surface area contributed by atoms with E-state index in [2.05, 4.69) is 68.8 Å². The highest BCUT2D eigenvalue weighted by atomic mass is 16.1. The molecule has 1 aromatic carbocycles. The second-order valence-electron chi connectivity index (χ2n) is 7.28. The van der Waals surface area contributed by atoms with E-state index in [-0.39, 0.29) is 11.8 Å². The summed E-state index contributed by atoms with van der Waals surface area (Å²) in [5.74, 6) is 1.04. The van der Waals surface area contributed by atoms with Gasteiger partial charge in [-0.05, 0) is 12.5 Å². The topological polar surface area (TPSA) is 60.0 Å². The number of benzene rings is 1. The van der Waals surface area contributed by atoms with Crippen molar-refractivity contribution in [3.8, 4) is 0 Å². The molecule has 6 heteroatoms. The Labute approximate surface area is 169 Å². The van der Waals surface area contributed by atoms with Crippen molar-refractivity contribution in [2.75, 3.05) is 52.4 Å². The Bertz CT molecular complexity index is 634. The summed E-state index contributed by atoms with van der Waals surface area (Å²) in [6, 6.07) is 10.4. The number of nitrogens with zero attached hydrogens (tertiary/aromatic N) is 3. The molecule has 1 amide bonds. The molecule has 2 rings (SSSR count). The molecule has 6 nitrogen and oxygen atoms in total. The van der Waals surface area contributed by atoms with Crippen molar-refractivity contribution < 1.29 is 4.79 Å². The van der Waals surface area contributed by atoms with E-state index in [1.807, 2.05) is 19.9 Å². The number of amides is 1. The third-order valence-corrected chi connectivity index (χ3v) is 4.68. The Balaban J connectivity index is 1.75. The van der Waals surface area contributed by atoms with Gasteiger partial charge in [-0.3, -0.25) is 14.7 Å². The minimum atomic E-state index is 0.0150. The van der Waals surface area contributed by atoms with Crippen LogP contribution in [0.25, 0.3) is 6.08 Å². The van der Waals surface area contributed by atoms with Crippen LogP contribution in [0.1, 0.15) is 26.3 Å². The van der Waals surface area contributed by atoms with Gasteiger partial charge in [-0.15, -0.1) is 0 Å². The molecule has 0 bridgehead atoms. The lowest BCUT2D eigenvalue weighted by molar-refractivity contribution is -0.123. The Hall–Kier alpha value is -2.34. The number of carbonyl (C=O) groups is 1. The van der Waals surface area contributed by atoms with Gasteiger partial charge in [0.2, 0.25) is 5.91 Å². The molecule has 0 aromatic heterocycles. The van der Waals surface area contributed by atoms with Crippen LogP contribution in [0.15, 0.2) is 41.4 Å². The van der Waals surface area contributed by atoms with Crippen LogP contribution in [-0.4, -0.2) is 74.0 Å². The number of carbonyl (C=O) groups excluding carboxylic acids is 1. The average molecular weight is 386 g/mol. The number of piperazine rings is 1. The lowest BCUT2D eigenvalue weighted by Gasteiger charge is -2.36. The van der Waals surface area contributed by atoms with Crippen molar-refractivity contribution in [2.45, 2.75) is 20.8 Å². The molecular weight excluding hydrogens is 350 g/mol. The zero-order chi connectivity index (χ0) is 20.2. The second-order valence-corrected chi connectivity index (χ2v) is 7.28. The van der Waals surface area contributed by atoms with Crippen LogP contribution >= 0.6 is 0 Å². The fourth-order valence-corrected chi connectivity index (χ4v) is 3.02. The highest BCUT2D eigenvalue weighted by molar-refractivity contribution is 5.80. The highest BCUT2D eigenvalue weighted by Gasteiger charge is 2.18. The van der Waals surface area contributed by atoms with Gasteiger partial charge in [0.25, 0.3) is 0 Å². The zero-order valence-electron chi connectivity index (χ0n) is 17.5. The largest absolute Gasteiger partial charge is 0.357 e. The van der Waals surface area contributed by atoms with Gasteiger partial charge in [-0.25, -0.2) is 0 Å². The molecule has 1 aliphatic heterocycles. The van der Waals surface area contributed by atoms with Crippen LogP contribution in [0.3, 0.4) is 0 Å². The first-order valence-corrected chi connectivity index (χ1v) is 10.3.